The number of nitrogens with one attached hydrogen (secondary N) is 1. The van der Waals surface area contributed by atoms with E-state index in [2.05, 4.69) is 5.32 Å². The van der Waals surface area contributed by atoms with Crippen molar-refractivity contribution in [3.63, 3.8) is 0 Å². The van der Waals surface area contributed by atoms with Gasteiger partial charge in [0.2, 0.25) is 5.91 Å². The first-order chi connectivity index (χ1) is 10.4. The number of anilines is 1. The van der Waals surface area contributed by atoms with E-state index < -0.39 is 11.8 Å². The highest BCUT2D eigenvalue weighted by Gasteiger charge is 2.29. The van der Waals surface area contributed by atoms with E-state index >= 15 is 0 Å². The lowest BCUT2D eigenvalue weighted by Gasteiger charge is -2.33. The van der Waals surface area contributed by atoms with Gasteiger partial charge in [-0.25, -0.2) is 4.39 Å². The standard InChI is InChI=1S/C16H21FN2O3.ClH/c1-10-3-4-13(17)9-14(10)18-15(20)11(2)19-7-5-12(6-8-19)16(21)22;/h3-4,9,11-12H,5-8H2,1-2H3,(H,18,20)(H,21,22);1H. The van der Waals surface area contributed by atoms with Gasteiger partial charge in [0.15, 0.2) is 0 Å². The van der Waals surface area contributed by atoms with Crippen LogP contribution in [-0.2, 0) is 9.59 Å². The van der Waals surface area contributed by atoms with E-state index in [9.17, 15) is 14.0 Å². The molecule has 1 unspecified atom stereocenters. The molecular weight excluding hydrogens is 323 g/mol. The Balaban J connectivity index is 0.00000264. The number of carbonyl (C=O) groups excluding carboxylic acids is 1. The average Bonchev–Trinajstić information content (AvgIpc) is 2.50. The lowest BCUT2D eigenvalue weighted by Crippen LogP contribution is -2.47. The molecule has 1 amide bonds. The molecule has 1 heterocycles. The van der Waals surface area contributed by atoms with Gasteiger partial charge in [-0.05, 0) is 57.5 Å². The summed E-state index contributed by atoms with van der Waals surface area (Å²) in [5.41, 5.74) is 1.27. The third-order valence-electron chi connectivity index (χ3n) is 4.26. The predicted molar refractivity (Wildman–Crippen MR) is 88.4 cm³/mol. The van der Waals surface area contributed by atoms with Crippen LogP contribution in [0.1, 0.15) is 25.3 Å². The van der Waals surface area contributed by atoms with Crippen LogP contribution in [-0.4, -0.2) is 41.0 Å². The molecule has 0 bridgehead atoms. The monoisotopic (exact) mass is 344 g/mol. The highest BCUT2D eigenvalue weighted by atomic mass is 35.5. The minimum absolute atomic E-state index is 0. The Hall–Kier alpha value is -1.66. The van der Waals surface area contributed by atoms with Crippen LogP contribution in [0.3, 0.4) is 0 Å². The topological polar surface area (TPSA) is 69.6 Å². The van der Waals surface area contributed by atoms with E-state index in [4.69, 9.17) is 5.11 Å². The van der Waals surface area contributed by atoms with E-state index in [0.29, 0.717) is 31.6 Å². The van der Waals surface area contributed by atoms with Crippen molar-refractivity contribution < 1.29 is 19.1 Å². The zero-order valence-corrected chi connectivity index (χ0v) is 14.0. The van der Waals surface area contributed by atoms with Crippen molar-refractivity contribution in [1.29, 1.82) is 0 Å². The lowest BCUT2D eigenvalue weighted by atomic mass is 9.96. The fourth-order valence-corrected chi connectivity index (χ4v) is 2.67. The summed E-state index contributed by atoms with van der Waals surface area (Å²) in [4.78, 5) is 25.2. The van der Waals surface area contributed by atoms with Gasteiger partial charge in [0, 0.05) is 5.69 Å². The SMILES string of the molecule is Cc1ccc(F)cc1NC(=O)C(C)N1CCC(C(=O)O)CC1.Cl. The third kappa shape index (κ3) is 4.91. The number of rotatable bonds is 4. The quantitative estimate of drug-likeness (QED) is 0.881. The van der Waals surface area contributed by atoms with E-state index in [1.165, 1.54) is 12.1 Å². The van der Waals surface area contributed by atoms with Crippen LogP contribution >= 0.6 is 12.4 Å². The second-order valence-corrected chi connectivity index (χ2v) is 5.77. The highest BCUT2D eigenvalue weighted by Crippen LogP contribution is 2.21. The normalized spacial score (nSPS) is 17.2. The average molecular weight is 345 g/mol. The Morgan fingerprint density at radius 1 is 1.35 bits per heavy atom. The van der Waals surface area contributed by atoms with Crippen LogP contribution in [0.25, 0.3) is 0 Å². The summed E-state index contributed by atoms with van der Waals surface area (Å²) >= 11 is 0. The molecule has 1 aliphatic rings. The zero-order valence-electron chi connectivity index (χ0n) is 13.2. The summed E-state index contributed by atoms with van der Waals surface area (Å²) in [5, 5.41) is 11.7. The third-order valence-corrected chi connectivity index (χ3v) is 4.26. The molecule has 1 aromatic rings. The maximum absolute atomic E-state index is 13.3. The van der Waals surface area contributed by atoms with Gasteiger partial charge in [0.1, 0.15) is 5.82 Å². The van der Waals surface area contributed by atoms with Gasteiger partial charge in [0.25, 0.3) is 0 Å². The number of aryl methyl sites for hydroxylation is 1. The Bertz CT molecular complexity index is 574. The maximum atomic E-state index is 13.3. The van der Waals surface area contributed by atoms with Gasteiger partial charge in [-0.1, -0.05) is 6.07 Å². The molecule has 1 atom stereocenters. The molecule has 0 saturated carbocycles. The maximum Gasteiger partial charge on any atom is 0.306 e. The summed E-state index contributed by atoms with van der Waals surface area (Å²) < 4.78 is 13.3. The number of piperidine rings is 1. The molecule has 0 aromatic heterocycles. The molecule has 2 N–H and O–H groups in total. The number of likely N-dealkylation sites (tertiary alicyclic amines) is 1. The van der Waals surface area contributed by atoms with E-state index in [1.54, 1.807) is 19.9 Å². The minimum Gasteiger partial charge on any atom is -0.481 e. The van der Waals surface area contributed by atoms with Crippen LogP contribution in [0.15, 0.2) is 18.2 Å². The van der Waals surface area contributed by atoms with Gasteiger partial charge in [-0.15, -0.1) is 12.4 Å². The largest absolute Gasteiger partial charge is 0.481 e. The van der Waals surface area contributed by atoms with E-state index in [1.807, 2.05) is 4.90 Å². The Labute approximate surface area is 141 Å². The Morgan fingerprint density at radius 3 is 2.52 bits per heavy atom. The number of benzene rings is 1. The zero-order chi connectivity index (χ0) is 16.3. The number of halogens is 2. The summed E-state index contributed by atoms with van der Waals surface area (Å²) in [6.07, 6.45) is 1.10. The van der Waals surface area contributed by atoms with Crippen LogP contribution in [0, 0.1) is 18.7 Å². The molecule has 0 aliphatic carbocycles. The first-order valence-corrected chi connectivity index (χ1v) is 7.42. The molecule has 1 saturated heterocycles. The second kappa shape index (κ2) is 8.26. The Kier molecular flexibility index (Phi) is 6.97. The molecule has 1 fully saturated rings. The van der Waals surface area contributed by atoms with Crippen LogP contribution in [0.4, 0.5) is 10.1 Å². The summed E-state index contributed by atoms with van der Waals surface area (Å²) in [6.45, 7) is 4.74. The summed E-state index contributed by atoms with van der Waals surface area (Å²) in [5.74, 6) is -1.69. The van der Waals surface area contributed by atoms with E-state index in [-0.39, 0.29) is 30.3 Å². The van der Waals surface area contributed by atoms with Crippen molar-refractivity contribution in [2.45, 2.75) is 32.7 Å². The fraction of sp³-hybridized carbons (Fsp3) is 0.500. The lowest BCUT2D eigenvalue weighted by molar-refractivity contribution is -0.143. The first-order valence-electron chi connectivity index (χ1n) is 7.42. The molecule has 23 heavy (non-hydrogen) atoms. The summed E-state index contributed by atoms with van der Waals surface area (Å²) in [7, 11) is 0. The number of carboxylic acid groups (broad SMARTS) is 1. The molecule has 0 spiro atoms. The number of aliphatic carboxylic acids is 1. The van der Waals surface area contributed by atoms with Crippen molar-refractivity contribution in [2.75, 3.05) is 18.4 Å². The van der Waals surface area contributed by atoms with Crippen molar-refractivity contribution >= 4 is 30.0 Å². The molecule has 0 radical (unpaired) electrons. The highest BCUT2D eigenvalue weighted by molar-refractivity contribution is 5.95. The number of hydrogen-bond donors (Lipinski definition) is 2. The molecule has 1 aromatic carbocycles. The fourth-order valence-electron chi connectivity index (χ4n) is 2.67. The minimum atomic E-state index is -0.771. The molecule has 128 valence electrons. The first kappa shape index (κ1) is 19.4. The van der Waals surface area contributed by atoms with Crippen LogP contribution < -0.4 is 5.32 Å². The molecule has 5 nitrogen and oxygen atoms in total. The molecule has 2 rings (SSSR count). The summed E-state index contributed by atoms with van der Waals surface area (Å²) in [6, 6.07) is 3.90. The van der Waals surface area contributed by atoms with Crippen LogP contribution in [0.5, 0.6) is 0 Å². The number of carbonyl (C=O) groups is 2. The molecule has 7 heteroatoms. The van der Waals surface area contributed by atoms with Gasteiger partial charge < -0.3 is 10.4 Å². The Morgan fingerprint density at radius 2 is 1.96 bits per heavy atom. The number of hydrogen-bond acceptors (Lipinski definition) is 3. The number of amides is 1. The predicted octanol–water partition coefficient (Wildman–Crippen LogP) is 2.68. The molecule has 1 aliphatic heterocycles. The van der Waals surface area contributed by atoms with Crippen molar-refractivity contribution in [2.24, 2.45) is 5.92 Å². The van der Waals surface area contributed by atoms with Gasteiger partial charge in [-0.3, -0.25) is 14.5 Å². The van der Waals surface area contributed by atoms with E-state index in [0.717, 1.165) is 5.56 Å². The van der Waals surface area contributed by atoms with Crippen molar-refractivity contribution in [3.8, 4) is 0 Å². The number of carboxylic acids is 1. The second-order valence-electron chi connectivity index (χ2n) is 5.77. The van der Waals surface area contributed by atoms with Gasteiger partial charge in [0.05, 0.1) is 12.0 Å². The van der Waals surface area contributed by atoms with Gasteiger partial charge >= 0.3 is 5.97 Å². The smallest absolute Gasteiger partial charge is 0.306 e. The number of nitrogens with zero attached hydrogens (tertiary/aromatic N) is 1. The van der Waals surface area contributed by atoms with Crippen molar-refractivity contribution in [3.05, 3.63) is 29.6 Å². The van der Waals surface area contributed by atoms with Crippen molar-refractivity contribution in [1.82, 2.24) is 4.90 Å². The van der Waals surface area contributed by atoms with Crippen LogP contribution in [0.2, 0.25) is 0 Å². The molecular formula is C16H22ClFN2O3. The van der Waals surface area contributed by atoms with Gasteiger partial charge in [-0.2, -0.15) is 0 Å².